The third-order valence-corrected chi connectivity index (χ3v) is 5.92. The number of hydrogen-bond donors (Lipinski definition) is 2. The predicted molar refractivity (Wildman–Crippen MR) is 144 cm³/mol. The highest BCUT2D eigenvalue weighted by atomic mass is 127. The zero-order valence-electron chi connectivity index (χ0n) is 19.4. The summed E-state index contributed by atoms with van der Waals surface area (Å²) in [6.07, 6.45) is 2.62. The van der Waals surface area contributed by atoms with Gasteiger partial charge in [0.05, 0.1) is 11.0 Å². The molecule has 8 heteroatoms. The number of nitrogens with one attached hydrogen (secondary N) is 2. The van der Waals surface area contributed by atoms with E-state index in [0.717, 1.165) is 49.8 Å². The van der Waals surface area contributed by atoms with Gasteiger partial charge in [-0.05, 0) is 43.0 Å². The van der Waals surface area contributed by atoms with Crippen LogP contribution in [0.25, 0.3) is 11.0 Å². The number of hydrogen-bond acceptors (Lipinski definition) is 3. The summed E-state index contributed by atoms with van der Waals surface area (Å²) >= 11 is 0. The van der Waals surface area contributed by atoms with E-state index in [4.69, 9.17) is 0 Å². The standard InChI is InChI=1S/C25H32N6O.HI/c1-19-29-22-10-3-4-11-23(22)31(19)15-7-13-27-25(26-2)28-17-20-8-5-9-21(16-20)18-30-14-6-12-24(30)32;/h3-5,8-11,16H,6-7,12-15,17-18H2,1-2H3,(H2,26,27,28);1H. The van der Waals surface area contributed by atoms with Gasteiger partial charge in [-0.2, -0.15) is 0 Å². The normalized spacial score (nSPS) is 13.9. The van der Waals surface area contributed by atoms with Gasteiger partial charge in [0.2, 0.25) is 5.91 Å². The predicted octanol–water partition coefficient (Wildman–Crippen LogP) is 3.84. The van der Waals surface area contributed by atoms with Crippen molar-refractivity contribution >= 4 is 46.9 Å². The van der Waals surface area contributed by atoms with Crippen molar-refractivity contribution in [2.45, 2.75) is 45.8 Å². The number of carbonyl (C=O) groups excluding carboxylic acids is 1. The van der Waals surface area contributed by atoms with Crippen LogP contribution in [0.4, 0.5) is 0 Å². The first-order valence-corrected chi connectivity index (χ1v) is 11.4. The number of benzene rings is 2. The van der Waals surface area contributed by atoms with Gasteiger partial charge in [0, 0.05) is 46.2 Å². The van der Waals surface area contributed by atoms with Crippen LogP contribution in [-0.2, 0) is 24.4 Å². The number of para-hydroxylation sites is 2. The molecule has 1 aromatic heterocycles. The molecule has 0 spiro atoms. The van der Waals surface area contributed by atoms with Crippen LogP contribution in [-0.4, -0.2) is 46.5 Å². The molecule has 0 unspecified atom stereocenters. The molecule has 1 fully saturated rings. The first-order chi connectivity index (χ1) is 15.6. The van der Waals surface area contributed by atoms with E-state index in [1.54, 1.807) is 7.05 Å². The van der Waals surface area contributed by atoms with E-state index < -0.39 is 0 Å². The van der Waals surface area contributed by atoms with Crippen molar-refractivity contribution in [3.8, 4) is 0 Å². The number of rotatable bonds is 8. The summed E-state index contributed by atoms with van der Waals surface area (Å²) in [6, 6.07) is 16.7. The SMILES string of the molecule is CN=C(NCCCn1c(C)nc2ccccc21)NCc1cccc(CN2CCCC2=O)c1.I. The summed E-state index contributed by atoms with van der Waals surface area (Å²) in [7, 11) is 1.79. The molecule has 7 nitrogen and oxygen atoms in total. The number of guanidine groups is 1. The van der Waals surface area contributed by atoms with Gasteiger partial charge in [-0.1, -0.05) is 36.4 Å². The Morgan fingerprint density at radius 3 is 2.73 bits per heavy atom. The molecule has 0 bridgehead atoms. The summed E-state index contributed by atoms with van der Waals surface area (Å²) in [4.78, 5) is 22.8. The van der Waals surface area contributed by atoms with Crippen molar-refractivity contribution in [2.75, 3.05) is 20.1 Å². The number of carbonyl (C=O) groups is 1. The Balaban J connectivity index is 0.00000306. The topological polar surface area (TPSA) is 74.6 Å². The average molecular weight is 560 g/mol. The van der Waals surface area contributed by atoms with Crippen LogP contribution in [0, 0.1) is 6.92 Å². The second kappa shape index (κ2) is 12.0. The van der Waals surface area contributed by atoms with Gasteiger partial charge < -0.3 is 20.1 Å². The minimum absolute atomic E-state index is 0. The highest BCUT2D eigenvalue weighted by Crippen LogP contribution is 2.16. The number of imidazole rings is 1. The van der Waals surface area contributed by atoms with E-state index in [-0.39, 0.29) is 29.9 Å². The van der Waals surface area contributed by atoms with Crippen LogP contribution in [0.3, 0.4) is 0 Å². The zero-order chi connectivity index (χ0) is 22.3. The Labute approximate surface area is 212 Å². The lowest BCUT2D eigenvalue weighted by Gasteiger charge is -2.16. The second-order valence-corrected chi connectivity index (χ2v) is 8.24. The Kier molecular flexibility index (Phi) is 9.11. The molecule has 4 rings (SSSR count). The lowest BCUT2D eigenvalue weighted by Crippen LogP contribution is -2.37. The van der Waals surface area contributed by atoms with E-state index in [9.17, 15) is 4.79 Å². The lowest BCUT2D eigenvalue weighted by atomic mass is 10.1. The van der Waals surface area contributed by atoms with E-state index in [1.165, 1.54) is 16.6 Å². The second-order valence-electron chi connectivity index (χ2n) is 8.24. The molecule has 0 radical (unpaired) electrons. The molecular weight excluding hydrogens is 527 g/mol. The zero-order valence-corrected chi connectivity index (χ0v) is 21.7. The van der Waals surface area contributed by atoms with Crippen LogP contribution < -0.4 is 10.6 Å². The maximum atomic E-state index is 11.9. The van der Waals surface area contributed by atoms with Gasteiger partial charge in [0.1, 0.15) is 5.82 Å². The average Bonchev–Trinajstić information content (AvgIpc) is 3.35. The third-order valence-electron chi connectivity index (χ3n) is 5.92. The number of nitrogens with zero attached hydrogens (tertiary/aromatic N) is 4. The molecule has 1 amide bonds. The first-order valence-electron chi connectivity index (χ1n) is 11.4. The molecule has 2 aromatic carbocycles. The molecule has 176 valence electrons. The van der Waals surface area contributed by atoms with Gasteiger partial charge in [-0.3, -0.25) is 9.79 Å². The molecule has 0 atom stereocenters. The van der Waals surface area contributed by atoms with E-state index in [1.807, 2.05) is 11.0 Å². The molecule has 3 aromatic rings. The van der Waals surface area contributed by atoms with Gasteiger partial charge in [0.25, 0.3) is 0 Å². The molecule has 1 aliphatic rings. The van der Waals surface area contributed by atoms with Crippen LogP contribution in [0.1, 0.15) is 36.2 Å². The van der Waals surface area contributed by atoms with E-state index in [2.05, 4.69) is 74.6 Å². The fourth-order valence-corrected chi connectivity index (χ4v) is 4.26. The summed E-state index contributed by atoms with van der Waals surface area (Å²) in [5.41, 5.74) is 4.58. The molecule has 0 saturated carbocycles. The number of aryl methyl sites for hydroxylation is 2. The number of aromatic nitrogens is 2. The number of halogens is 1. The Hall–Kier alpha value is -2.62. The molecule has 1 saturated heterocycles. The Morgan fingerprint density at radius 1 is 1.12 bits per heavy atom. The van der Waals surface area contributed by atoms with Crippen LogP contribution >= 0.6 is 24.0 Å². The van der Waals surface area contributed by atoms with Crippen molar-refractivity contribution in [1.29, 1.82) is 0 Å². The largest absolute Gasteiger partial charge is 0.356 e. The van der Waals surface area contributed by atoms with E-state index in [0.29, 0.717) is 19.5 Å². The summed E-state index contributed by atoms with van der Waals surface area (Å²) in [5.74, 6) is 2.10. The highest BCUT2D eigenvalue weighted by molar-refractivity contribution is 14.0. The fraction of sp³-hybridized carbons (Fsp3) is 0.400. The van der Waals surface area contributed by atoms with Crippen LogP contribution in [0.5, 0.6) is 0 Å². The summed E-state index contributed by atoms with van der Waals surface area (Å²) < 4.78 is 2.27. The van der Waals surface area contributed by atoms with Gasteiger partial charge in [0.15, 0.2) is 5.96 Å². The number of fused-ring (bicyclic) bond motifs is 1. The van der Waals surface area contributed by atoms with Crippen molar-refractivity contribution < 1.29 is 4.79 Å². The fourth-order valence-electron chi connectivity index (χ4n) is 4.26. The quantitative estimate of drug-likeness (QED) is 0.190. The minimum Gasteiger partial charge on any atom is -0.356 e. The van der Waals surface area contributed by atoms with Crippen LogP contribution in [0.15, 0.2) is 53.5 Å². The maximum Gasteiger partial charge on any atom is 0.222 e. The van der Waals surface area contributed by atoms with Crippen molar-refractivity contribution in [3.63, 3.8) is 0 Å². The number of amides is 1. The molecule has 33 heavy (non-hydrogen) atoms. The number of likely N-dealkylation sites (tertiary alicyclic amines) is 1. The van der Waals surface area contributed by atoms with Crippen LogP contribution in [0.2, 0.25) is 0 Å². The summed E-state index contributed by atoms with van der Waals surface area (Å²) in [5, 5.41) is 6.79. The Bertz CT molecular complexity index is 1110. The molecular formula is C25H33IN6O. The molecule has 0 aliphatic carbocycles. The third kappa shape index (κ3) is 6.46. The highest BCUT2D eigenvalue weighted by Gasteiger charge is 2.19. The molecule has 2 N–H and O–H groups in total. The lowest BCUT2D eigenvalue weighted by molar-refractivity contribution is -0.128. The Morgan fingerprint density at radius 2 is 1.94 bits per heavy atom. The van der Waals surface area contributed by atoms with E-state index >= 15 is 0 Å². The number of aliphatic imine (C=N–C) groups is 1. The van der Waals surface area contributed by atoms with Crippen molar-refractivity contribution in [3.05, 3.63) is 65.5 Å². The summed E-state index contributed by atoms with van der Waals surface area (Å²) in [6.45, 7) is 6.04. The van der Waals surface area contributed by atoms with Gasteiger partial charge in [-0.25, -0.2) is 4.98 Å². The molecule has 1 aliphatic heterocycles. The monoisotopic (exact) mass is 560 g/mol. The minimum atomic E-state index is 0. The van der Waals surface area contributed by atoms with Crippen molar-refractivity contribution in [1.82, 2.24) is 25.1 Å². The van der Waals surface area contributed by atoms with Gasteiger partial charge in [-0.15, -0.1) is 24.0 Å². The molecule has 2 heterocycles. The maximum absolute atomic E-state index is 11.9. The smallest absolute Gasteiger partial charge is 0.222 e. The van der Waals surface area contributed by atoms with Gasteiger partial charge >= 0.3 is 0 Å². The first kappa shape index (κ1) is 25.0. The van der Waals surface area contributed by atoms with Crippen molar-refractivity contribution in [2.24, 2.45) is 4.99 Å².